The van der Waals surface area contributed by atoms with Crippen molar-refractivity contribution in [3.8, 4) is 5.75 Å². The molecule has 0 saturated carbocycles. The number of aryl methyl sites for hydroxylation is 2. The molecule has 236 valence electrons. The lowest BCUT2D eigenvalue weighted by Crippen LogP contribution is -2.54. The summed E-state index contributed by atoms with van der Waals surface area (Å²) in [4.78, 5) is 29.8. The van der Waals surface area contributed by atoms with Gasteiger partial charge in [0.25, 0.3) is 10.0 Å². The number of sulfonamides is 1. The van der Waals surface area contributed by atoms with Crippen molar-refractivity contribution in [2.45, 2.75) is 57.6 Å². The average Bonchev–Trinajstić information content (AvgIpc) is 3.02. The molecule has 0 aliphatic heterocycles. The fourth-order valence-corrected chi connectivity index (χ4v) is 6.36. The summed E-state index contributed by atoms with van der Waals surface area (Å²) in [5.41, 5.74) is 3.93. The van der Waals surface area contributed by atoms with Crippen molar-refractivity contribution in [1.29, 1.82) is 0 Å². The summed E-state index contributed by atoms with van der Waals surface area (Å²) in [6.45, 7) is 7.15. The second-order valence-electron chi connectivity index (χ2n) is 11.4. The molecule has 0 aromatic heterocycles. The number of carbonyl (C=O) groups is 2. The minimum atomic E-state index is -4.20. The number of nitrogens with zero attached hydrogens (tertiary/aromatic N) is 2. The zero-order chi connectivity index (χ0) is 32.6. The number of benzene rings is 4. The third-order valence-electron chi connectivity index (χ3n) is 7.40. The van der Waals surface area contributed by atoms with E-state index in [4.69, 9.17) is 4.74 Å². The number of carbonyl (C=O) groups excluding carboxylic acids is 2. The Hall–Kier alpha value is -4.63. The highest BCUT2D eigenvalue weighted by molar-refractivity contribution is 7.92. The van der Waals surface area contributed by atoms with E-state index in [1.807, 2.05) is 82.3 Å². The monoisotopic (exact) mass is 627 g/mol. The molecule has 0 aliphatic carbocycles. The Labute approximate surface area is 266 Å². The number of anilines is 1. The summed E-state index contributed by atoms with van der Waals surface area (Å²) >= 11 is 0. The molecule has 4 rings (SSSR count). The van der Waals surface area contributed by atoms with E-state index in [-0.39, 0.29) is 35.5 Å². The number of ether oxygens (including phenoxy) is 1. The van der Waals surface area contributed by atoms with Crippen molar-refractivity contribution in [2.75, 3.05) is 18.0 Å². The molecule has 8 nitrogen and oxygen atoms in total. The second-order valence-corrected chi connectivity index (χ2v) is 13.3. The number of amides is 2. The van der Waals surface area contributed by atoms with E-state index in [1.54, 1.807) is 36.4 Å². The fraction of sp³-hybridized carbons (Fsp3) is 0.278. The summed E-state index contributed by atoms with van der Waals surface area (Å²) in [5.74, 6) is -0.392. The van der Waals surface area contributed by atoms with Gasteiger partial charge in [-0.1, -0.05) is 83.9 Å². The molecular formula is C36H41N3O5S. The van der Waals surface area contributed by atoms with Gasteiger partial charge in [-0.2, -0.15) is 0 Å². The van der Waals surface area contributed by atoms with Crippen LogP contribution in [0.3, 0.4) is 0 Å². The topological polar surface area (TPSA) is 96.0 Å². The SMILES string of the molecule is COc1cccc(N(CC(=O)N(Cc2ccc(C)cc2)C(Cc2ccccc2)C(=O)NC(C)C)S(=O)(=O)c2ccc(C)cc2)c1. The molecule has 1 atom stereocenters. The van der Waals surface area contributed by atoms with Crippen molar-refractivity contribution in [3.05, 3.63) is 125 Å². The lowest BCUT2D eigenvalue weighted by Gasteiger charge is -2.34. The number of hydrogen-bond acceptors (Lipinski definition) is 5. The predicted octanol–water partition coefficient (Wildman–Crippen LogP) is 5.67. The Morgan fingerprint density at radius 3 is 2.02 bits per heavy atom. The van der Waals surface area contributed by atoms with Crippen molar-refractivity contribution in [3.63, 3.8) is 0 Å². The highest BCUT2D eigenvalue weighted by atomic mass is 32.2. The van der Waals surface area contributed by atoms with E-state index in [9.17, 15) is 18.0 Å². The van der Waals surface area contributed by atoms with Gasteiger partial charge in [0.15, 0.2) is 0 Å². The molecule has 45 heavy (non-hydrogen) atoms. The van der Waals surface area contributed by atoms with Crippen LogP contribution in [0.15, 0.2) is 108 Å². The van der Waals surface area contributed by atoms with Gasteiger partial charge in [-0.15, -0.1) is 0 Å². The van der Waals surface area contributed by atoms with Gasteiger partial charge in [-0.3, -0.25) is 13.9 Å². The van der Waals surface area contributed by atoms with Crippen molar-refractivity contribution in [2.24, 2.45) is 0 Å². The Bertz CT molecular complexity index is 1690. The highest BCUT2D eigenvalue weighted by Gasteiger charge is 2.35. The lowest BCUT2D eigenvalue weighted by atomic mass is 10.0. The number of rotatable bonds is 13. The first-order chi connectivity index (χ1) is 21.5. The van der Waals surface area contributed by atoms with E-state index in [0.717, 1.165) is 26.6 Å². The molecule has 0 spiro atoms. The van der Waals surface area contributed by atoms with Crippen LogP contribution in [0.4, 0.5) is 5.69 Å². The molecule has 1 unspecified atom stereocenters. The minimum absolute atomic E-state index is 0.0483. The lowest BCUT2D eigenvalue weighted by molar-refractivity contribution is -0.140. The van der Waals surface area contributed by atoms with Gasteiger partial charge in [0.2, 0.25) is 11.8 Å². The maximum absolute atomic E-state index is 14.5. The van der Waals surface area contributed by atoms with Gasteiger partial charge >= 0.3 is 0 Å². The third kappa shape index (κ3) is 8.73. The first kappa shape index (κ1) is 33.3. The summed E-state index contributed by atoms with van der Waals surface area (Å²) in [6, 6.07) is 29.2. The van der Waals surface area contributed by atoms with Crippen LogP contribution in [0.25, 0.3) is 0 Å². The molecule has 0 radical (unpaired) electrons. The summed E-state index contributed by atoms with van der Waals surface area (Å²) in [5, 5.41) is 2.97. The molecule has 0 fully saturated rings. The van der Waals surface area contributed by atoms with Gasteiger partial charge in [0.05, 0.1) is 17.7 Å². The maximum Gasteiger partial charge on any atom is 0.264 e. The molecule has 0 saturated heterocycles. The largest absolute Gasteiger partial charge is 0.497 e. The molecule has 4 aromatic rings. The molecule has 0 aliphatic rings. The number of hydrogen-bond donors (Lipinski definition) is 1. The average molecular weight is 628 g/mol. The number of methoxy groups -OCH3 is 1. The van der Waals surface area contributed by atoms with Crippen molar-refractivity contribution < 1.29 is 22.7 Å². The van der Waals surface area contributed by atoms with Crippen LogP contribution in [-0.4, -0.2) is 50.9 Å². The Morgan fingerprint density at radius 2 is 1.42 bits per heavy atom. The number of nitrogens with one attached hydrogen (secondary N) is 1. The van der Waals surface area contributed by atoms with E-state index in [1.165, 1.54) is 24.1 Å². The smallest absolute Gasteiger partial charge is 0.264 e. The van der Waals surface area contributed by atoms with Crippen molar-refractivity contribution >= 4 is 27.5 Å². The zero-order valence-corrected chi connectivity index (χ0v) is 27.3. The molecule has 9 heteroatoms. The normalized spacial score (nSPS) is 12.0. The standard InChI is InChI=1S/C36H41N3O5S/c1-26(2)37-36(41)34(22-29-10-7-6-8-11-29)38(24-30-18-14-27(3)15-19-30)35(40)25-39(31-12-9-13-32(23-31)44-5)45(42,43)33-20-16-28(4)17-21-33/h6-21,23,26,34H,22,24-25H2,1-5H3,(H,37,41). The van der Waals surface area contributed by atoms with Crippen LogP contribution in [0.2, 0.25) is 0 Å². The van der Waals surface area contributed by atoms with Gasteiger partial charge in [-0.25, -0.2) is 8.42 Å². The van der Waals surface area contributed by atoms with Crippen LogP contribution in [-0.2, 0) is 32.6 Å². The summed E-state index contributed by atoms with van der Waals surface area (Å²) < 4.78 is 34.8. The molecule has 0 heterocycles. The summed E-state index contributed by atoms with van der Waals surface area (Å²) in [6.07, 6.45) is 0.251. The minimum Gasteiger partial charge on any atom is -0.497 e. The Balaban J connectivity index is 1.81. The Kier molecular flexibility index (Phi) is 11.0. The van der Waals surface area contributed by atoms with Crippen molar-refractivity contribution in [1.82, 2.24) is 10.2 Å². The molecule has 0 bridgehead atoms. The van der Waals surface area contributed by atoms with Gasteiger partial charge < -0.3 is 15.0 Å². The first-order valence-electron chi connectivity index (χ1n) is 14.9. The van der Waals surface area contributed by atoms with E-state index in [0.29, 0.717) is 5.75 Å². The van der Waals surface area contributed by atoms with E-state index < -0.39 is 28.5 Å². The summed E-state index contributed by atoms with van der Waals surface area (Å²) in [7, 11) is -2.70. The van der Waals surface area contributed by atoms with Gasteiger partial charge in [0.1, 0.15) is 18.3 Å². The van der Waals surface area contributed by atoms with Crippen LogP contribution in [0.5, 0.6) is 5.75 Å². The molecule has 2 amide bonds. The van der Waals surface area contributed by atoms with Crippen LogP contribution in [0, 0.1) is 13.8 Å². The predicted molar refractivity (Wildman–Crippen MR) is 178 cm³/mol. The maximum atomic E-state index is 14.5. The van der Waals surface area contributed by atoms with Crippen LogP contribution >= 0.6 is 0 Å². The van der Waals surface area contributed by atoms with Crippen LogP contribution in [0.1, 0.15) is 36.1 Å². The van der Waals surface area contributed by atoms with E-state index >= 15 is 0 Å². The molecule has 1 N–H and O–H groups in total. The zero-order valence-electron chi connectivity index (χ0n) is 26.4. The van der Waals surface area contributed by atoms with Gasteiger partial charge in [0, 0.05) is 25.1 Å². The quantitative estimate of drug-likeness (QED) is 0.206. The second kappa shape index (κ2) is 14.9. The highest BCUT2D eigenvalue weighted by Crippen LogP contribution is 2.28. The van der Waals surface area contributed by atoms with Gasteiger partial charge in [-0.05, 0) is 63.1 Å². The van der Waals surface area contributed by atoms with Crippen LogP contribution < -0.4 is 14.4 Å². The first-order valence-corrected chi connectivity index (χ1v) is 16.3. The fourth-order valence-electron chi connectivity index (χ4n) is 4.96. The van der Waals surface area contributed by atoms with E-state index in [2.05, 4.69) is 5.32 Å². The molecule has 4 aromatic carbocycles. The third-order valence-corrected chi connectivity index (χ3v) is 9.19. The Morgan fingerprint density at radius 1 is 0.800 bits per heavy atom. The molecular weight excluding hydrogens is 586 g/mol.